The summed E-state index contributed by atoms with van der Waals surface area (Å²) in [5.74, 6) is 0. The van der Waals surface area contributed by atoms with Crippen molar-refractivity contribution in [2.75, 3.05) is 0 Å². The summed E-state index contributed by atoms with van der Waals surface area (Å²) in [7, 11) is 0. The first-order valence-corrected chi connectivity index (χ1v) is 5.32. The number of hydrogen-bond acceptors (Lipinski definition) is 1. The molecule has 1 unspecified atom stereocenters. The van der Waals surface area contributed by atoms with Crippen molar-refractivity contribution < 1.29 is 13.2 Å². The maximum atomic E-state index is 12.1. The molecule has 0 aliphatic heterocycles. The molecule has 0 saturated heterocycles. The minimum absolute atomic E-state index is 0.180. The largest absolute Gasteiger partial charge is 0.403 e. The highest BCUT2D eigenvalue weighted by Gasteiger charge is 2.35. The molecule has 1 rings (SSSR count). The number of hydrogen-bond donors (Lipinski definition) is 1. The van der Waals surface area contributed by atoms with E-state index in [0.29, 0.717) is 15.6 Å². The van der Waals surface area contributed by atoms with Crippen molar-refractivity contribution in [1.29, 1.82) is 0 Å². The van der Waals surface area contributed by atoms with Crippen LogP contribution in [0.5, 0.6) is 0 Å². The Morgan fingerprint density at radius 3 is 2.06 bits per heavy atom. The Bertz CT molecular complexity index is 345. The molecule has 0 aliphatic carbocycles. The predicted molar refractivity (Wildman–Crippen MR) is 58.8 cm³/mol. The van der Waals surface area contributed by atoms with E-state index < -0.39 is 12.2 Å². The highest BCUT2D eigenvalue weighted by molar-refractivity contribution is 6.34. The molecule has 1 aromatic carbocycles. The molecule has 0 radical (unpaired) electrons. The Balaban J connectivity index is 2.61. The fourth-order valence-electron chi connectivity index (χ4n) is 1.24. The predicted octanol–water partition coefficient (Wildman–Crippen LogP) is 3.82. The van der Waals surface area contributed by atoms with E-state index in [1.54, 1.807) is 12.1 Å². The van der Waals surface area contributed by atoms with Crippen LogP contribution < -0.4 is 5.73 Å². The SMILES string of the molecule is NC(CCc1cc(Cl)cc(Cl)c1)C(F)(F)F. The second-order valence-corrected chi connectivity index (χ2v) is 4.34. The lowest BCUT2D eigenvalue weighted by molar-refractivity contribution is -0.148. The van der Waals surface area contributed by atoms with Gasteiger partial charge in [0.2, 0.25) is 0 Å². The summed E-state index contributed by atoms with van der Waals surface area (Å²) in [5.41, 5.74) is 5.63. The Kier molecular flexibility index (Phi) is 4.47. The van der Waals surface area contributed by atoms with Gasteiger partial charge < -0.3 is 5.73 Å². The second-order valence-electron chi connectivity index (χ2n) is 3.46. The molecular weight excluding hydrogens is 262 g/mol. The molecule has 2 N–H and O–H groups in total. The van der Waals surface area contributed by atoms with Gasteiger partial charge in [0.15, 0.2) is 0 Å². The van der Waals surface area contributed by atoms with Crippen LogP contribution in [0.1, 0.15) is 12.0 Å². The lowest BCUT2D eigenvalue weighted by Crippen LogP contribution is -2.37. The Morgan fingerprint density at radius 1 is 1.12 bits per heavy atom. The summed E-state index contributed by atoms with van der Waals surface area (Å²) in [6, 6.07) is 2.87. The Morgan fingerprint density at radius 2 is 1.62 bits per heavy atom. The molecule has 0 spiro atoms. The topological polar surface area (TPSA) is 26.0 Å². The molecule has 0 aliphatic rings. The lowest BCUT2D eigenvalue weighted by atomic mass is 10.1. The van der Waals surface area contributed by atoms with Crippen LogP contribution in [-0.2, 0) is 6.42 Å². The summed E-state index contributed by atoms with van der Waals surface area (Å²) in [4.78, 5) is 0. The number of halogens is 5. The third kappa shape index (κ3) is 4.20. The highest BCUT2D eigenvalue weighted by Crippen LogP contribution is 2.24. The molecule has 1 nitrogen and oxygen atoms in total. The van der Waals surface area contributed by atoms with Crippen molar-refractivity contribution in [3.05, 3.63) is 33.8 Å². The molecule has 0 saturated carbocycles. The number of alkyl halides is 3. The van der Waals surface area contributed by atoms with Crippen LogP contribution in [0.3, 0.4) is 0 Å². The maximum Gasteiger partial charge on any atom is 0.403 e. The van der Waals surface area contributed by atoms with Crippen molar-refractivity contribution in [2.45, 2.75) is 25.1 Å². The van der Waals surface area contributed by atoms with Crippen molar-refractivity contribution in [1.82, 2.24) is 0 Å². The summed E-state index contributed by atoms with van der Waals surface area (Å²) in [5, 5.41) is 0.811. The van der Waals surface area contributed by atoms with Gasteiger partial charge in [-0.3, -0.25) is 0 Å². The van der Waals surface area contributed by atoms with Crippen molar-refractivity contribution in [2.24, 2.45) is 5.73 Å². The zero-order valence-corrected chi connectivity index (χ0v) is 9.70. The fraction of sp³-hybridized carbons (Fsp3) is 0.400. The number of rotatable bonds is 3. The van der Waals surface area contributed by atoms with E-state index in [9.17, 15) is 13.2 Å². The monoisotopic (exact) mass is 271 g/mol. The van der Waals surface area contributed by atoms with E-state index in [1.165, 1.54) is 6.07 Å². The van der Waals surface area contributed by atoms with Gasteiger partial charge in [0.1, 0.15) is 6.04 Å². The van der Waals surface area contributed by atoms with Gasteiger partial charge in [-0.25, -0.2) is 0 Å². The Labute approximate surface area is 101 Å². The summed E-state index contributed by atoms with van der Waals surface area (Å²) in [6.07, 6.45) is -4.34. The van der Waals surface area contributed by atoms with Gasteiger partial charge in [-0.05, 0) is 36.6 Å². The maximum absolute atomic E-state index is 12.1. The molecule has 1 aromatic rings. The standard InChI is InChI=1S/C10H10Cl2F3N/c11-7-3-6(4-8(12)5-7)1-2-9(16)10(13,14)15/h3-5,9H,1-2,16H2. The number of nitrogens with two attached hydrogens (primary N) is 1. The molecule has 90 valence electrons. The molecule has 0 aromatic heterocycles. The van der Waals surface area contributed by atoms with Crippen LogP contribution in [0.15, 0.2) is 18.2 Å². The van der Waals surface area contributed by atoms with E-state index in [0.717, 1.165) is 0 Å². The quantitative estimate of drug-likeness (QED) is 0.889. The third-order valence-corrected chi connectivity index (χ3v) is 2.52. The van der Waals surface area contributed by atoms with Gasteiger partial charge >= 0.3 is 6.18 Å². The third-order valence-electron chi connectivity index (χ3n) is 2.09. The first kappa shape index (κ1) is 13.6. The normalized spacial score (nSPS) is 13.9. The fourth-order valence-corrected chi connectivity index (χ4v) is 1.81. The second kappa shape index (κ2) is 5.25. The molecule has 0 heterocycles. The first-order chi connectivity index (χ1) is 7.29. The van der Waals surface area contributed by atoms with E-state index in [1.807, 2.05) is 0 Å². The summed E-state index contributed by atoms with van der Waals surface area (Å²) >= 11 is 11.4. The zero-order valence-electron chi connectivity index (χ0n) is 8.19. The first-order valence-electron chi connectivity index (χ1n) is 4.56. The minimum Gasteiger partial charge on any atom is -0.320 e. The van der Waals surface area contributed by atoms with Crippen LogP contribution in [0.2, 0.25) is 10.0 Å². The van der Waals surface area contributed by atoms with Crippen LogP contribution >= 0.6 is 23.2 Å². The molecule has 0 amide bonds. The van der Waals surface area contributed by atoms with E-state index in [-0.39, 0.29) is 12.8 Å². The van der Waals surface area contributed by atoms with E-state index >= 15 is 0 Å². The average Bonchev–Trinajstić information content (AvgIpc) is 2.11. The molecular formula is C10H10Cl2F3N. The number of aryl methyl sites for hydroxylation is 1. The summed E-state index contributed by atoms with van der Waals surface area (Å²) < 4.78 is 36.4. The van der Waals surface area contributed by atoms with Crippen molar-refractivity contribution in [3.63, 3.8) is 0 Å². The highest BCUT2D eigenvalue weighted by atomic mass is 35.5. The molecule has 0 bridgehead atoms. The Hall–Kier alpha value is -0.450. The zero-order chi connectivity index (χ0) is 12.3. The molecule has 6 heteroatoms. The van der Waals surface area contributed by atoms with Gasteiger partial charge in [-0.2, -0.15) is 13.2 Å². The van der Waals surface area contributed by atoms with Crippen molar-refractivity contribution in [3.8, 4) is 0 Å². The van der Waals surface area contributed by atoms with Crippen LogP contribution in [0.25, 0.3) is 0 Å². The number of benzene rings is 1. The van der Waals surface area contributed by atoms with Gasteiger partial charge in [0.05, 0.1) is 0 Å². The van der Waals surface area contributed by atoms with Gasteiger partial charge in [-0.15, -0.1) is 0 Å². The smallest absolute Gasteiger partial charge is 0.320 e. The van der Waals surface area contributed by atoms with E-state index in [2.05, 4.69) is 0 Å². The van der Waals surface area contributed by atoms with Gasteiger partial charge in [0.25, 0.3) is 0 Å². The summed E-state index contributed by atoms with van der Waals surface area (Å²) in [6.45, 7) is 0. The molecule has 0 fully saturated rings. The van der Waals surface area contributed by atoms with Crippen molar-refractivity contribution >= 4 is 23.2 Å². The lowest BCUT2D eigenvalue weighted by Gasteiger charge is -2.15. The molecule has 1 atom stereocenters. The van der Waals surface area contributed by atoms with Gasteiger partial charge in [-0.1, -0.05) is 23.2 Å². The molecule has 16 heavy (non-hydrogen) atoms. The van der Waals surface area contributed by atoms with E-state index in [4.69, 9.17) is 28.9 Å². The minimum atomic E-state index is -4.36. The van der Waals surface area contributed by atoms with Crippen LogP contribution in [0, 0.1) is 0 Å². The average molecular weight is 272 g/mol. The van der Waals surface area contributed by atoms with Crippen LogP contribution in [-0.4, -0.2) is 12.2 Å². The van der Waals surface area contributed by atoms with Crippen LogP contribution in [0.4, 0.5) is 13.2 Å². The van der Waals surface area contributed by atoms with Gasteiger partial charge in [0, 0.05) is 10.0 Å².